The number of non-ortho nitro benzene ring substituents is 1. The van der Waals surface area contributed by atoms with Gasteiger partial charge in [0, 0.05) is 48.2 Å². The molecule has 0 fully saturated rings. The Bertz CT molecular complexity index is 1220. The lowest BCUT2D eigenvalue weighted by molar-refractivity contribution is -0.384. The first-order valence-corrected chi connectivity index (χ1v) is 12.2. The Hall–Kier alpha value is -3.31. The van der Waals surface area contributed by atoms with Crippen LogP contribution in [0.3, 0.4) is 0 Å². The number of hydrogen-bond acceptors (Lipinski definition) is 4. The summed E-state index contributed by atoms with van der Waals surface area (Å²) in [5.41, 5.74) is 1.85. The molecular weight excluding hydrogens is 426 g/mol. The quantitative estimate of drug-likeness (QED) is 0.149. The number of aromatic nitrogens is 1. The van der Waals surface area contributed by atoms with Gasteiger partial charge in [-0.05, 0) is 36.6 Å². The fourth-order valence-corrected chi connectivity index (χ4v) is 4.70. The van der Waals surface area contributed by atoms with E-state index in [1.54, 1.807) is 0 Å². The molecule has 7 nitrogen and oxygen atoms in total. The molecule has 0 amide bonds. The summed E-state index contributed by atoms with van der Waals surface area (Å²) in [7, 11) is -3.92. The van der Waals surface area contributed by atoms with Crippen LogP contribution in [-0.2, 0) is 16.4 Å². The Labute approximate surface area is 188 Å². The minimum absolute atomic E-state index is 0.0118. The van der Waals surface area contributed by atoms with Crippen LogP contribution in [0, 0.1) is 22.1 Å². The van der Waals surface area contributed by atoms with Crippen LogP contribution in [0.5, 0.6) is 0 Å². The number of H-pyrrole nitrogens is 1. The molecule has 32 heavy (non-hydrogen) atoms. The lowest BCUT2D eigenvalue weighted by atomic mass is 10.1. The summed E-state index contributed by atoms with van der Waals surface area (Å²) < 4.78 is 27.7. The lowest BCUT2D eigenvalue weighted by Crippen LogP contribution is -2.28. The highest BCUT2D eigenvalue weighted by molar-refractivity contribution is 7.89. The predicted octanol–water partition coefficient (Wildman–Crippen LogP) is 5.24. The first-order chi connectivity index (χ1) is 15.4. The molecule has 1 heterocycles. The molecule has 0 radical (unpaired) electrons. The van der Waals surface area contributed by atoms with E-state index >= 15 is 0 Å². The van der Waals surface area contributed by atoms with Crippen LogP contribution >= 0.6 is 0 Å². The molecule has 0 spiro atoms. The fraction of sp³-hybridized carbons (Fsp3) is 0.333. The van der Waals surface area contributed by atoms with Crippen molar-refractivity contribution in [1.29, 1.82) is 0 Å². The third-order valence-electron chi connectivity index (χ3n) is 5.25. The van der Waals surface area contributed by atoms with Gasteiger partial charge in [0.2, 0.25) is 0 Å². The zero-order chi connectivity index (χ0) is 23.0. The smallest absolute Gasteiger partial charge is 0.270 e. The zero-order valence-electron chi connectivity index (χ0n) is 18.1. The Morgan fingerprint density at radius 1 is 1.06 bits per heavy atom. The van der Waals surface area contributed by atoms with Gasteiger partial charge in [0.15, 0.2) is 0 Å². The number of fused-ring (bicyclic) bond motifs is 1. The van der Waals surface area contributed by atoms with Gasteiger partial charge in [0.1, 0.15) is 0 Å². The van der Waals surface area contributed by atoms with E-state index in [2.05, 4.69) is 23.9 Å². The number of unbranched alkanes of at least 4 members (excludes halogenated alkanes) is 4. The maximum absolute atomic E-state index is 13.2. The summed E-state index contributed by atoms with van der Waals surface area (Å²) in [5.74, 6) is 3.00. The van der Waals surface area contributed by atoms with E-state index in [-0.39, 0.29) is 17.1 Å². The van der Waals surface area contributed by atoms with E-state index in [4.69, 9.17) is 0 Å². The number of nitrogens with zero attached hydrogens (tertiary/aromatic N) is 2. The van der Waals surface area contributed by atoms with E-state index in [0.29, 0.717) is 12.8 Å². The first kappa shape index (κ1) is 23.4. The summed E-state index contributed by atoms with van der Waals surface area (Å²) in [6.45, 7) is 2.32. The summed E-state index contributed by atoms with van der Waals surface area (Å²) in [4.78, 5) is 13.5. The number of nitrogens with one attached hydrogen (secondary N) is 1. The molecule has 0 saturated heterocycles. The second kappa shape index (κ2) is 10.8. The molecule has 0 aliphatic carbocycles. The van der Waals surface area contributed by atoms with Crippen molar-refractivity contribution in [2.24, 2.45) is 0 Å². The maximum atomic E-state index is 13.2. The van der Waals surface area contributed by atoms with Gasteiger partial charge in [-0.25, -0.2) is 12.7 Å². The lowest BCUT2D eigenvalue weighted by Gasteiger charge is -2.18. The molecule has 2 aromatic carbocycles. The SMILES string of the molecule is CCCCCCC#CN(CCc1c[nH]c2ccccc12)S(=O)(=O)c1ccc([N+](=O)[O-])cc1. The van der Waals surface area contributed by atoms with E-state index in [1.807, 2.05) is 30.5 Å². The van der Waals surface area contributed by atoms with Crippen molar-refractivity contribution in [1.82, 2.24) is 9.29 Å². The third-order valence-corrected chi connectivity index (χ3v) is 6.98. The predicted molar refractivity (Wildman–Crippen MR) is 126 cm³/mol. The maximum Gasteiger partial charge on any atom is 0.270 e. The molecule has 0 aliphatic rings. The normalized spacial score (nSPS) is 11.2. The number of aromatic amines is 1. The first-order valence-electron chi connectivity index (χ1n) is 10.7. The molecule has 3 rings (SSSR count). The molecule has 1 aromatic heterocycles. The van der Waals surface area contributed by atoms with Gasteiger partial charge in [0.25, 0.3) is 15.7 Å². The summed E-state index contributed by atoms with van der Waals surface area (Å²) in [5, 5.41) is 12.0. The molecule has 0 unspecified atom stereocenters. The number of rotatable bonds is 10. The van der Waals surface area contributed by atoms with Crippen molar-refractivity contribution in [2.75, 3.05) is 6.54 Å². The average Bonchev–Trinajstić information content (AvgIpc) is 3.21. The van der Waals surface area contributed by atoms with Crippen LogP contribution in [0.15, 0.2) is 59.6 Å². The zero-order valence-corrected chi connectivity index (χ0v) is 18.9. The van der Waals surface area contributed by atoms with Crippen LogP contribution < -0.4 is 0 Å². The second-order valence-corrected chi connectivity index (χ2v) is 9.40. The number of sulfonamides is 1. The van der Waals surface area contributed by atoms with Gasteiger partial charge in [-0.2, -0.15) is 0 Å². The second-order valence-electron chi connectivity index (χ2n) is 7.54. The number of para-hydroxylation sites is 1. The fourth-order valence-electron chi connectivity index (χ4n) is 3.45. The Morgan fingerprint density at radius 3 is 2.53 bits per heavy atom. The van der Waals surface area contributed by atoms with E-state index in [1.165, 1.54) is 24.3 Å². The van der Waals surface area contributed by atoms with Gasteiger partial charge in [-0.1, -0.05) is 50.3 Å². The highest BCUT2D eigenvalue weighted by atomic mass is 32.2. The van der Waals surface area contributed by atoms with E-state index < -0.39 is 14.9 Å². The molecule has 0 saturated carbocycles. The van der Waals surface area contributed by atoms with Crippen molar-refractivity contribution in [3.63, 3.8) is 0 Å². The summed E-state index contributed by atoms with van der Waals surface area (Å²) >= 11 is 0. The van der Waals surface area contributed by atoms with E-state index in [9.17, 15) is 18.5 Å². The van der Waals surface area contributed by atoms with Gasteiger partial charge >= 0.3 is 0 Å². The number of nitro groups is 1. The minimum atomic E-state index is -3.92. The van der Waals surface area contributed by atoms with Crippen molar-refractivity contribution in [2.45, 2.75) is 50.3 Å². The van der Waals surface area contributed by atoms with E-state index in [0.717, 1.165) is 46.5 Å². The molecule has 1 N–H and O–H groups in total. The van der Waals surface area contributed by atoms with Crippen LogP contribution in [0.2, 0.25) is 0 Å². The number of benzene rings is 2. The number of hydrogen-bond donors (Lipinski definition) is 1. The Kier molecular flexibility index (Phi) is 7.90. The third kappa shape index (κ3) is 5.68. The minimum Gasteiger partial charge on any atom is -0.361 e. The van der Waals surface area contributed by atoms with Gasteiger partial charge in [-0.15, -0.1) is 0 Å². The molecular formula is C24H27N3O4S. The summed E-state index contributed by atoms with van der Waals surface area (Å²) in [6.07, 6.45) is 7.25. The van der Waals surface area contributed by atoms with Gasteiger partial charge in [-0.3, -0.25) is 10.1 Å². The Morgan fingerprint density at radius 2 is 1.81 bits per heavy atom. The molecule has 168 valence electrons. The number of nitro benzene ring substituents is 1. The van der Waals surface area contributed by atoms with Crippen LogP contribution in [0.1, 0.15) is 44.6 Å². The van der Waals surface area contributed by atoms with Crippen molar-refractivity contribution in [3.05, 3.63) is 70.4 Å². The van der Waals surface area contributed by atoms with Crippen molar-refractivity contribution >= 4 is 26.6 Å². The van der Waals surface area contributed by atoms with Crippen LogP contribution in [0.4, 0.5) is 5.69 Å². The van der Waals surface area contributed by atoms with Crippen LogP contribution in [-0.4, -0.2) is 29.2 Å². The highest BCUT2D eigenvalue weighted by Crippen LogP contribution is 2.22. The van der Waals surface area contributed by atoms with Crippen molar-refractivity contribution < 1.29 is 13.3 Å². The van der Waals surface area contributed by atoms with Gasteiger partial charge < -0.3 is 4.98 Å². The summed E-state index contributed by atoms with van der Waals surface area (Å²) in [6, 6.07) is 15.6. The molecule has 0 aliphatic heterocycles. The molecule has 8 heteroatoms. The van der Waals surface area contributed by atoms with Crippen LogP contribution in [0.25, 0.3) is 10.9 Å². The molecule has 0 bridgehead atoms. The molecule has 3 aromatic rings. The average molecular weight is 454 g/mol. The Balaban J connectivity index is 1.82. The van der Waals surface area contributed by atoms with Crippen molar-refractivity contribution in [3.8, 4) is 12.0 Å². The van der Waals surface area contributed by atoms with Gasteiger partial charge in [0.05, 0.1) is 9.82 Å². The highest BCUT2D eigenvalue weighted by Gasteiger charge is 2.23. The molecule has 0 atom stereocenters. The topological polar surface area (TPSA) is 96.3 Å². The monoisotopic (exact) mass is 453 g/mol. The largest absolute Gasteiger partial charge is 0.361 e. The standard InChI is InChI=1S/C24H27N3O4S/c1-2-3-4-5-6-9-17-26(18-16-20-19-25-24-11-8-7-10-23(20)24)32(30,31)22-14-12-21(13-15-22)27(28)29/h7-8,10-15,19,25H,2-6,16,18H2,1H3.